The Morgan fingerprint density at radius 3 is 2.36 bits per heavy atom. The number of Topliss-reactive ketones (excluding diaryl/α,β-unsaturated/α-hetero) is 1. The Balaban J connectivity index is 1.25. The standard InChI is InChI=1S/C25H29N5O3/c1-25(2,3)33-24(32)26-17-7-9-18(10-8-17)28-13-15-29(16-14-28)23-27-20-6-4-5-19-21(31)11-12-30(23)22(19)20/h4-10H,11-16H2,1-3H3,(H,26,32). The first-order valence-corrected chi connectivity index (χ1v) is 11.4. The quantitative estimate of drug-likeness (QED) is 0.645. The average Bonchev–Trinajstić information content (AvgIpc) is 3.15. The maximum Gasteiger partial charge on any atom is 0.412 e. The van der Waals surface area contributed by atoms with Gasteiger partial charge >= 0.3 is 6.09 Å². The van der Waals surface area contributed by atoms with Gasteiger partial charge in [-0.05, 0) is 57.2 Å². The first-order chi connectivity index (χ1) is 15.8. The lowest BCUT2D eigenvalue weighted by molar-refractivity contribution is 0.0635. The van der Waals surface area contributed by atoms with Crippen LogP contribution in [0.4, 0.5) is 22.1 Å². The molecule has 0 aliphatic carbocycles. The van der Waals surface area contributed by atoms with Crippen molar-refractivity contribution in [2.45, 2.75) is 39.3 Å². The number of aromatic nitrogens is 2. The molecule has 2 aliphatic rings. The first-order valence-electron chi connectivity index (χ1n) is 11.4. The van der Waals surface area contributed by atoms with Gasteiger partial charge in [0.25, 0.3) is 0 Å². The molecule has 33 heavy (non-hydrogen) atoms. The third-order valence-corrected chi connectivity index (χ3v) is 6.05. The van der Waals surface area contributed by atoms with E-state index < -0.39 is 11.7 Å². The number of ether oxygens (including phenoxy) is 1. The minimum absolute atomic E-state index is 0.203. The second-order valence-corrected chi connectivity index (χ2v) is 9.56. The van der Waals surface area contributed by atoms with Gasteiger partial charge in [-0.3, -0.25) is 10.1 Å². The fourth-order valence-electron chi connectivity index (χ4n) is 4.54. The summed E-state index contributed by atoms with van der Waals surface area (Å²) >= 11 is 0. The molecule has 1 N–H and O–H groups in total. The van der Waals surface area contributed by atoms with Crippen LogP contribution in [0.3, 0.4) is 0 Å². The number of nitrogens with zero attached hydrogens (tertiary/aromatic N) is 4. The Kier molecular flexibility index (Phi) is 5.23. The molecule has 172 valence electrons. The van der Waals surface area contributed by atoms with Crippen LogP contribution in [-0.4, -0.2) is 53.2 Å². The van der Waals surface area contributed by atoms with Gasteiger partial charge in [-0.2, -0.15) is 0 Å². The number of rotatable bonds is 3. The van der Waals surface area contributed by atoms with Crippen LogP contribution in [0.2, 0.25) is 0 Å². The van der Waals surface area contributed by atoms with Crippen LogP contribution in [0.15, 0.2) is 42.5 Å². The number of hydrogen-bond donors (Lipinski definition) is 1. The summed E-state index contributed by atoms with van der Waals surface area (Å²) in [6, 6.07) is 13.7. The summed E-state index contributed by atoms with van der Waals surface area (Å²) in [4.78, 5) is 33.8. The lowest BCUT2D eigenvalue weighted by atomic mass is 10.0. The number of hydrogen-bond acceptors (Lipinski definition) is 6. The summed E-state index contributed by atoms with van der Waals surface area (Å²) in [5.41, 5.74) is 3.95. The molecule has 1 aromatic heterocycles. The van der Waals surface area contributed by atoms with E-state index in [9.17, 15) is 9.59 Å². The molecule has 1 saturated heterocycles. The monoisotopic (exact) mass is 447 g/mol. The van der Waals surface area contributed by atoms with Crippen LogP contribution in [0.1, 0.15) is 37.6 Å². The molecule has 0 bridgehead atoms. The molecule has 0 radical (unpaired) electrons. The largest absolute Gasteiger partial charge is 0.444 e. The molecule has 0 spiro atoms. The van der Waals surface area contributed by atoms with Gasteiger partial charge < -0.3 is 19.1 Å². The molecule has 0 saturated carbocycles. The SMILES string of the molecule is CC(C)(C)OC(=O)Nc1ccc(N2CCN(c3nc4cccc5c4n3CCC5=O)CC2)cc1. The summed E-state index contributed by atoms with van der Waals surface area (Å²) in [6.45, 7) is 9.66. The third kappa shape index (κ3) is 4.25. The molecular formula is C25H29N5O3. The molecule has 5 rings (SSSR count). The van der Waals surface area contributed by atoms with Crippen LogP contribution < -0.4 is 15.1 Å². The van der Waals surface area contributed by atoms with Crippen molar-refractivity contribution in [1.29, 1.82) is 0 Å². The maximum absolute atomic E-state index is 12.3. The molecule has 3 heterocycles. The van der Waals surface area contributed by atoms with Gasteiger partial charge in [-0.1, -0.05) is 6.07 Å². The Bertz CT molecular complexity index is 1200. The normalized spacial score (nSPS) is 16.3. The van der Waals surface area contributed by atoms with Crippen LogP contribution in [0, 0.1) is 0 Å². The van der Waals surface area contributed by atoms with E-state index in [0.29, 0.717) is 18.7 Å². The zero-order valence-corrected chi connectivity index (χ0v) is 19.3. The van der Waals surface area contributed by atoms with Crippen molar-refractivity contribution in [2.75, 3.05) is 41.3 Å². The molecule has 1 fully saturated rings. The molecule has 2 aromatic carbocycles. The van der Waals surface area contributed by atoms with E-state index in [1.165, 1.54) is 0 Å². The summed E-state index contributed by atoms with van der Waals surface area (Å²) in [5, 5.41) is 2.77. The Labute approximate surface area is 193 Å². The Hall–Kier alpha value is -3.55. The number of para-hydroxylation sites is 1. The highest BCUT2D eigenvalue weighted by atomic mass is 16.6. The molecule has 8 nitrogen and oxygen atoms in total. The first kappa shape index (κ1) is 21.3. The van der Waals surface area contributed by atoms with Crippen molar-refractivity contribution in [1.82, 2.24) is 9.55 Å². The molecule has 1 amide bonds. The minimum Gasteiger partial charge on any atom is -0.444 e. The minimum atomic E-state index is -0.528. The van der Waals surface area contributed by atoms with Crippen molar-refractivity contribution < 1.29 is 14.3 Å². The molecule has 0 atom stereocenters. The second-order valence-electron chi connectivity index (χ2n) is 9.56. The van der Waals surface area contributed by atoms with Crippen molar-refractivity contribution in [2.24, 2.45) is 0 Å². The van der Waals surface area contributed by atoms with Crippen molar-refractivity contribution in [3.8, 4) is 0 Å². The fraction of sp³-hybridized carbons (Fsp3) is 0.400. The molecule has 0 unspecified atom stereocenters. The average molecular weight is 448 g/mol. The van der Waals surface area contributed by atoms with Crippen molar-refractivity contribution >= 4 is 40.2 Å². The van der Waals surface area contributed by atoms with E-state index in [2.05, 4.69) is 19.7 Å². The van der Waals surface area contributed by atoms with Gasteiger partial charge in [-0.15, -0.1) is 0 Å². The number of anilines is 3. The van der Waals surface area contributed by atoms with Crippen LogP contribution >= 0.6 is 0 Å². The third-order valence-electron chi connectivity index (χ3n) is 6.05. The zero-order chi connectivity index (χ0) is 23.2. The molecular weight excluding hydrogens is 418 g/mol. The number of carbonyl (C=O) groups is 2. The van der Waals surface area contributed by atoms with E-state index in [1.54, 1.807) is 0 Å². The van der Waals surface area contributed by atoms with Crippen LogP contribution in [0.25, 0.3) is 11.0 Å². The summed E-state index contributed by atoms with van der Waals surface area (Å²) in [6.07, 6.45) is 0.0730. The number of piperazine rings is 1. The maximum atomic E-state index is 12.3. The smallest absolute Gasteiger partial charge is 0.412 e. The lowest BCUT2D eigenvalue weighted by Crippen LogP contribution is -2.47. The number of imidazole rings is 1. The van der Waals surface area contributed by atoms with Gasteiger partial charge in [0.05, 0.1) is 11.0 Å². The number of carbonyl (C=O) groups excluding carboxylic acids is 2. The van der Waals surface area contributed by atoms with Gasteiger partial charge in [0.2, 0.25) is 5.95 Å². The molecule has 8 heteroatoms. The number of aryl methyl sites for hydroxylation is 1. The van der Waals surface area contributed by atoms with E-state index in [1.807, 2.05) is 63.2 Å². The summed E-state index contributed by atoms with van der Waals surface area (Å²) in [5.74, 6) is 1.16. The van der Waals surface area contributed by atoms with Crippen molar-refractivity contribution in [3.05, 3.63) is 48.0 Å². The second kappa shape index (κ2) is 8.10. The van der Waals surface area contributed by atoms with E-state index in [4.69, 9.17) is 9.72 Å². The van der Waals surface area contributed by atoms with Gasteiger partial charge in [-0.25, -0.2) is 9.78 Å². The highest BCUT2D eigenvalue weighted by Gasteiger charge is 2.27. The fourth-order valence-corrected chi connectivity index (χ4v) is 4.54. The number of benzene rings is 2. The summed E-state index contributed by atoms with van der Waals surface area (Å²) < 4.78 is 7.51. The predicted octanol–water partition coefficient (Wildman–Crippen LogP) is 4.30. The molecule has 2 aliphatic heterocycles. The van der Waals surface area contributed by atoms with Gasteiger partial charge in [0.1, 0.15) is 5.60 Å². The lowest BCUT2D eigenvalue weighted by Gasteiger charge is -2.37. The zero-order valence-electron chi connectivity index (χ0n) is 19.3. The van der Waals surface area contributed by atoms with Crippen LogP contribution in [-0.2, 0) is 11.3 Å². The van der Waals surface area contributed by atoms with E-state index in [-0.39, 0.29) is 5.78 Å². The number of ketones is 1. The predicted molar refractivity (Wildman–Crippen MR) is 129 cm³/mol. The van der Waals surface area contributed by atoms with Gasteiger partial charge in [0, 0.05) is 56.1 Å². The topological polar surface area (TPSA) is 79.7 Å². The van der Waals surface area contributed by atoms with Crippen molar-refractivity contribution in [3.63, 3.8) is 0 Å². The number of nitrogens with one attached hydrogen (secondary N) is 1. The Morgan fingerprint density at radius 2 is 1.67 bits per heavy atom. The highest BCUT2D eigenvalue weighted by Crippen LogP contribution is 2.31. The van der Waals surface area contributed by atoms with Gasteiger partial charge in [0.15, 0.2) is 5.78 Å². The molecule has 3 aromatic rings. The van der Waals surface area contributed by atoms with Crippen LogP contribution in [0.5, 0.6) is 0 Å². The van der Waals surface area contributed by atoms with E-state index >= 15 is 0 Å². The van der Waals surface area contributed by atoms with E-state index in [0.717, 1.165) is 54.4 Å². The number of amides is 1. The highest BCUT2D eigenvalue weighted by molar-refractivity contribution is 6.08. The Morgan fingerprint density at radius 1 is 0.970 bits per heavy atom. The summed E-state index contributed by atoms with van der Waals surface area (Å²) in [7, 11) is 0.